The van der Waals surface area contributed by atoms with Gasteiger partial charge in [-0.05, 0) is 24.7 Å². The molecule has 3 unspecified atom stereocenters. The van der Waals surface area contributed by atoms with Crippen LogP contribution in [0.4, 0.5) is 22.0 Å². The maximum absolute atomic E-state index is 14.2. The first kappa shape index (κ1) is 30.4. The number of alkyl halides is 1. The number of carbonyl (C=O) groups is 5. The molecule has 0 radical (unpaired) electrons. The van der Waals surface area contributed by atoms with Crippen LogP contribution in [0.3, 0.4) is 0 Å². The zero-order valence-corrected chi connectivity index (χ0v) is 21.7. The number of halogens is 5. The van der Waals surface area contributed by atoms with Gasteiger partial charge in [-0.1, -0.05) is 13.8 Å². The topological polar surface area (TPSA) is 125 Å². The molecule has 9 nitrogen and oxygen atoms in total. The Kier molecular flexibility index (Phi) is 9.29. The maximum Gasteiger partial charge on any atom is 0.287 e. The molecular formula is C25H31F5N4O5. The molecule has 14 heteroatoms. The van der Waals surface area contributed by atoms with E-state index in [0.717, 1.165) is 4.90 Å². The molecule has 216 valence electrons. The van der Waals surface area contributed by atoms with Crippen molar-refractivity contribution in [3.05, 3.63) is 23.3 Å². The second kappa shape index (κ2) is 11.9. The Morgan fingerprint density at radius 3 is 2.33 bits per heavy atom. The van der Waals surface area contributed by atoms with Crippen LogP contribution in [0.2, 0.25) is 0 Å². The molecule has 0 aromatic rings. The van der Waals surface area contributed by atoms with Gasteiger partial charge in [0, 0.05) is 32.5 Å². The van der Waals surface area contributed by atoms with E-state index in [1.165, 1.54) is 7.05 Å². The van der Waals surface area contributed by atoms with E-state index < -0.39 is 101 Å². The SMILES string of the molecule is CNC(=O)C(=O)C(CC(=O)[C@@H]1CC(C)(C)CCN1C(=O)CNC1C(F)=C(F)C(F)=C(F)C1F)[C@@H]1CCNC1=O. The number of amides is 3. The standard InChI is InChI=1S/C25H31F5N4O5/c1-25(2)5-7-34(15(36)10-33-21-19(29)17(27)16(26)18(28)20(21)30)13(9-25)14(35)8-12(22(37)24(39)31-3)11-4-6-32-23(11)38/h11-13,19,21,33H,4-10H2,1-3H3,(H,31,39)(H,32,38)/t11-,12?,13-,19?,21?/m0/s1. The lowest BCUT2D eigenvalue weighted by atomic mass is 9.75. The van der Waals surface area contributed by atoms with E-state index in [4.69, 9.17) is 0 Å². The van der Waals surface area contributed by atoms with E-state index in [2.05, 4.69) is 16.0 Å². The molecule has 2 heterocycles. The molecule has 1 aliphatic carbocycles. The molecule has 2 saturated heterocycles. The predicted molar refractivity (Wildman–Crippen MR) is 127 cm³/mol. The minimum absolute atomic E-state index is 0.0428. The van der Waals surface area contributed by atoms with Crippen LogP contribution in [0.25, 0.3) is 0 Å². The van der Waals surface area contributed by atoms with Gasteiger partial charge in [0.15, 0.2) is 35.3 Å². The van der Waals surface area contributed by atoms with Crippen LogP contribution in [-0.4, -0.2) is 79.1 Å². The molecule has 0 spiro atoms. The quantitative estimate of drug-likeness (QED) is 0.290. The first-order valence-electron chi connectivity index (χ1n) is 12.5. The fourth-order valence-electron chi connectivity index (χ4n) is 5.19. The Morgan fingerprint density at radius 1 is 1.10 bits per heavy atom. The largest absolute Gasteiger partial charge is 0.356 e. The molecule has 0 saturated carbocycles. The summed E-state index contributed by atoms with van der Waals surface area (Å²) in [6.45, 7) is 3.18. The molecular weight excluding hydrogens is 531 g/mol. The van der Waals surface area contributed by atoms with Gasteiger partial charge >= 0.3 is 0 Å². The highest BCUT2D eigenvalue weighted by atomic mass is 19.2. The van der Waals surface area contributed by atoms with E-state index in [0.29, 0.717) is 6.42 Å². The number of hydrogen-bond donors (Lipinski definition) is 3. The number of likely N-dealkylation sites (tertiary alicyclic amines) is 1. The van der Waals surface area contributed by atoms with E-state index in [-0.39, 0.29) is 25.9 Å². The number of nitrogens with one attached hydrogen (secondary N) is 3. The summed E-state index contributed by atoms with van der Waals surface area (Å²) in [7, 11) is 1.24. The van der Waals surface area contributed by atoms with Crippen molar-refractivity contribution < 1.29 is 45.9 Å². The van der Waals surface area contributed by atoms with Gasteiger partial charge in [-0.15, -0.1) is 0 Å². The minimum Gasteiger partial charge on any atom is -0.356 e. The number of piperidine rings is 1. The van der Waals surface area contributed by atoms with Crippen molar-refractivity contribution in [2.24, 2.45) is 17.3 Å². The van der Waals surface area contributed by atoms with Crippen molar-refractivity contribution in [3.63, 3.8) is 0 Å². The van der Waals surface area contributed by atoms with E-state index in [9.17, 15) is 45.9 Å². The second-order valence-electron chi connectivity index (χ2n) is 10.7. The summed E-state index contributed by atoms with van der Waals surface area (Å²) in [5.74, 6) is -14.6. The van der Waals surface area contributed by atoms with Crippen molar-refractivity contribution in [3.8, 4) is 0 Å². The van der Waals surface area contributed by atoms with Crippen LogP contribution in [0.1, 0.15) is 39.5 Å². The Morgan fingerprint density at radius 2 is 1.74 bits per heavy atom. The highest BCUT2D eigenvalue weighted by molar-refractivity contribution is 6.37. The Bertz CT molecular complexity index is 1120. The molecule has 2 fully saturated rings. The van der Waals surface area contributed by atoms with Gasteiger partial charge in [0.25, 0.3) is 5.91 Å². The highest BCUT2D eigenvalue weighted by Crippen LogP contribution is 2.37. The molecule has 3 amide bonds. The highest BCUT2D eigenvalue weighted by Gasteiger charge is 2.45. The molecule has 3 rings (SSSR count). The number of ketones is 2. The van der Waals surface area contributed by atoms with Gasteiger partial charge < -0.3 is 15.5 Å². The molecule has 39 heavy (non-hydrogen) atoms. The molecule has 2 aliphatic heterocycles. The summed E-state index contributed by atoms with van der Waals surface area (Å²) >= 11 is 0. The number of likely N-dealkylation sites (N-methyl/N-ethyl adjacent to an activating group) is 1. The molecule has 3 aliphatic rings. The average molecular weight is 563 g/mol. The van der Waals surface area contributed by atoms with Crippen molar-refractivity contribution in [1.82, 2.24) is 20.9 Å². The first-order valence-corrected chi connectivity index (χ1v) is 12.5. The normalized spacial score (nSPS) is 27.8. The smallest absolute Gasteiger partial charge is 0.287 e. The molecule has 3 N–H and O–H groups in total. The molecule has 0 aromatic carbocycles. The Hall–Kier alpha value is -3.16. The third kappa shape index (κ3) is 6.36. The summed E-state index contributed by atoms with van der Waals surface area (Å²) in [6, 6.07) is -3.40. The van der Waals surface area contributed by atoms with Crippen LogP contribution in [-0.2, 0) is 24.0 Å². The van der Waals surface area contributed by atoms with Crippen LogP contribution >= 0.6 is 0 Å². The van der Waals surface area contributed by atoms with Gasteiger partial charge in [-0.2, -0.15) is 0 Å². The third-order valence-corrected chi connectivity index (χ3v) is 7.52. The lowest BCUT2D eigenvalue weighted by molar-refractivity contribution is -0.147. The van der Waals surface area contributed by atoms with Gasteiger partial charge in [0.1, 0.15) is 6.04 Å². The fourth-order valence-corrected chi connectivity index (χ4v) is 5.19. The Labute approximate surface area is 221 Å². The van der Waals surface area contributed by atoms with E-state index in [1.54, 1.807) is 0 Å². The number of allylic oxidation sites excluding steroid dienone is 2. The minimum atomic E-state index is -2.91. The van der Waals surface area contributed by atoms with Crippen LogP contribution in [0.5, 0.6) is 0 Å². The maximum atomic E-state index is 14.2. The third-order valence-electron chi connectivity index (χ3n) is 7.52. The average Bonchev–Trinajstić information content (AvgIpc) is 3.32. The van der Waals surface area contributed by atoms with E-state index in [1.807, 2.05) is 13.8 Å². The van der Waals surface area contributed by atoms with Crippen molar-refractivity contribution in [2.45, 2.75) is 57.8 Å². The lowest BCUT2D eigenvalue weighted by Crippen LogP contribution is -2.56. The summed E-state index contributed by atoms with van der Waals surface area (Å²) in [5, 5.41) is 6.82. The van der Waals surface area contributed by atoms with Crippen LogP contribution in [0, 0.1) is 17.3 Å². The van der Waals surface area contributed by atoms with Crippen molar-refractivity contribution in [2.75, 3.05) is 26.7 Å². The lowest BCUT2D eigenvalue weighted by Gasteiger charge is -2.43. The number of rotatable bonds is 9. The van der Waals surface area contributed by atoms with Crippen LogP contribution < -0.4 is 16.0 Å². The number of Topliss-reactive ketones (excluding diaryl/α,β-unsaturated/α-hetero) is 2. The number of nitrogens with zero attached hydrogens (tertiary/aromatic N) is 1. The molecule has 5 atom stereocenters. The first-order chi connectivity index (χ1) is 18.2. The summed E-state index contributed by atoms with van der Waals surface area (Å²) < 4.78 is 68.8. The molecule has 0 aromatic heterocycles. The van der Waals surface area contributed by atoms with Gasteiger partial charge in [0.05, 0.1) is 18.5 Å². The van der Waals surface area contributed by atoms with Crippen LogP contribution in [0.15, 0.2) is 23.3 Å². The van der Waals surface area contributed by atoms with Crippen molar-refractivity contribution >= 4 is 29.3 Å². The van der Waals surface area contributed by atoms with Gasteiger partial charge in [0.2, 0.25) is 17.6 Å². The summed E-state index contributed by atoms with van der Waals surface area (Å²) in [6.07, 6.45) is -2.60. The molecule has 0 bridgehead atoms. The fraction of sp³-hybridized carbons (Fsp3) is 0.640. The monoisotopic (exact) mass is 562 g/mol. The van der Waals surface area contributed by atoms with Gasteiger partial charge in [-0.25, -0.2) is 22.0 Å². The zero-order chi connectivity index (χ0) is 29.2. The zero-order valence-electron chi connectivity index (χ0n) is 21.7. The number of hydrogen-bond acceptors (Lipinski definition) is 6. The van der Waals surface area contributed by atoms with Gasteiger partial charge in [-0.3, -0.25) is 29.3 Å². The number of carbonyl (C=O) groups excluding carboxylic acids is 5. The predicted octanol–water partition coefficient (Wildman–Crippen LogP) is 1.64. The summed E-state index contributed by atoms with van der Waals surface area (Å²) in [5.41, 5.74) is -0.424. The van der Waals surface area contributed by atoms with Crippen molar-refractivity contribution in [1.29, 1.82) is 0 Å². The van der Waals surface area contributed by atoms with E-state index >= 15 is 0 Å². The summed E-state index contributed by atoms with van der Waals surface area (Å²) in [4.78, 5) is 64.9. The second-order valence-corrected chi connectivity index (χ2v) is 10.7. The Balaban J connectivity index is 1.79.